The fourth-order valence-electron chi connectivity index (χ4n) is 2.56. The maximum absolute atomic E-state index is 5.45. The van der Waals surface area contributed by atoms with Gasteiger partial charge in [0.1, 0.15) is 5.75 Å². The number of thioether (sulfide) groups is 1. The number of nitrogens with zero attached hydrogens (tertiary/aromatic N) is 3. The monoisotopic (exact) mass is 339 g/mol. The Bertz CT molecular complexity index is 840. The molecular weight excluding hydrogens is 318 g/mol. The molecule has 0 N–H and O–H groups in total. The highest BCUT2D eigenvalue weighted by molar-refractivity contribution is 7.98. The van der Waals surface area contributed by atoms with Crippen LogP contribution in [0.15, 0.2) is 47.6 Å². The molecule has 4 nitrogen and oxygen atoms in total. The van der Waals surface area contributed by atoms with Gasteiger partial charge in [-0.3, -0.25) is 0 Å². The Labute approximate surface area is 146 Å². The zero-order valence-corrected chi connectivity index (χ0v) is 15.2. The molecule has 0 radical (unpaired) electrons. The Morgan fingerprint density at radius 3 is 2.42 bits per heavy atom. The zero-order valence-electron chi connectivity index (χ0n) is 14.4. The highest BCUT2D eigenvalue weighted by Crippen LogP contribution is 2.29. The summed E-state index contributed by atoms with van der Waals surface area (Å²) in [6.07, 6.45) is 0. The van der Waals surface area contributed by atoms with Crippen molar-refractivity contribution in [3.63, 3.8) is 0 Å². The molecule has 0 fully saturated rings. The van der Waals surface area contributed by atoms with Crippen LogP contribution < -0.4 is 4.74 Å². The van der Waals surface area contributed by atoms with Gasteiger partial charge in [0, 0.05) is 23.9 Å². The van der Waals surface area contributed by atoms with E-state index < -0.39 is 0 Å². The van der Waals surface area contributed by atoms with E-state index in [0.717, 1.165) is 28.0 Å². The number of methoxy groups -OCH3 is 1. The lowest BCUT2D eigenvalue weighted by Crippen LogP contribution is -1.96. The van der Waals surface area contributed by atoms with Crippen molar-refractivity contribution >= 4 is 11.8 Å². The lowest BCUT2D eigenvalue weighted by molar-refractivity contribution is 0.411. The fourth-order valence-corrected chi connectivity index (χ4v) is 3.45. The summed E-state index contributed by atoms with van der Waals surface area (Å²) in [4.78, 5) is 0. The molecule has 2 aromatic carbocycles. The maximum Gasteiger partial charge on any atom is 0.191 e. The molecule has 3 aromatic rings. The van der Waals surface area contributed by atoms with Gasteiger partial charge in [0.15, 0.2) is 11.0 Å². The second kappa shape index (κ2) is 7.09. The topological polar surface area (TPSA) is 39.9 Å². The zero-order chi connectivity index (χ0) is 17.1. The van der Waals surface area contributed by atoms with E-state index in [-0.39, 0.29) is 0 Å². The SMILES string of the molecule is COc1ccc(C)cc1CSc1nnc(-c2ccc(C)cc2)n1C. The molecule has 1 heterocycles. The average Bonchev–Trinajstić information content (AvgIpc) is 2.95. The first kappa shape index (κ1) is 16.6. The minimum Gasteiger partial charge on any atom is -0.496 e. The van der Waals surface area contributed by atoms with Gasteiger partial charge < -0.3 is 9.30 Å². The largest absolute Gasteiger partial charge is 0.496 e. The summed E-state index contributed by atoms with van der Waals surface area (Å²) in [6, 6.07) is 14.6. The molecule has 0 saturated carbocycles. The van der Waals surface area contributed by atoms with Crippen LogP contribution in [0.25, 0.3) is 11.4 Å². The van der Waals surface area contributed by atoms with Gasteiger partial charge >= 0.3 is 0 Å². The normalized spacial score (nSPS) is 10.8. The van der Waals surface area contributed by atoms with Crippen molar-refractivity contribution in [2.24, 2.45) is 7.05 Å². The van der Waals surface area contributed by atoms with E-state index in [1.54, 1.807) is 18.9 Å². The third kappa shape index (κ3) is 3.46. The molecule has 0 amide bonds. The maximum atomic E-state index is 5.45. The summed E-state index contributed by atoms with van der Waals surface area (Å²) in [6.45, 7) is 4.17. The molecule has 0 bridgehead atoms. The Morgan fingerprint density at radius 1 is 1.00 bits per heavy atom. The highest BCUT2D eigenvalue weighted by Gasteiger charge is 2.12. The summed E-state index contributed by atoms with van der Waals surface area (Å²) in [5.41, 5.74) is 4.71. The molecule has 0 atom stereocenters. The van der Waals surface area contributed by atoms with Crippen molar-refractivity contribution in [3.05, 3.63) is 59.2 Å². The van der Waals surface area contributed by atoms with Gasteiger partial charge in [0.2, 0.25) is 0 Å². The average molecular weight is 339 g/mol. The lowest BCUT2D eigenvalue weighted by Gasteiger charge is -2.09. The summed E-state index contributed by atoms with van der Waals surface area (Å²) < 4.78 is 7.49. The third-order valence-electron chi connectivity index (χ3n) is 3.94. The predicted octanol–water partition coefficient (Wildman–Crippen LogP) is 4.40. The van der Waals surface area contributed by atoms with E-state index in [1.807, 2.05) is 17.7 Å². The minimum absolute atomic E-state index is 0.796. The number of rotatable bonds is 5. The lowest BCUT2D eigenvalue weighted by atomic mass is 10.1. The molecule has 3 rings (SSSR count). The van der Waals surface area contributed by atoms with Crippen LogP contribution in [0, 0.1) is 13.8 Å². The van der Waals surface area contributed by atoms with Crippen LogP contribution in [0.5, 0.6) is 5.75 Å². The number of aryl methyl sites for hydroxylation is 2. The van der Waals surface area contributed by atoms with E-state index >= 15 is 0 Å². The summed E-state index contributed by atoms with van der Waals surface area (Å²) in [7, 11) is 3.71. The van der Waals surface area contributed by atoms with Crippen molar-refractivity contribution < 1.29 is 4.74 Å². The van der Waals surface area contributed by atoms with Crippen molar-refractivity contribution in [1.29, 1.82) is 0 Å². The van der Waals surface area contributed by atoms with Crippen LogP contribution >= 0.6 is 11.8 Å². The van der Waals surface area contributed by atoms with Crippen LogP contribution in [0.1, 0.15) is 16.7 Å². The first-order valence-electron chi connectivity index (χ1n) is 7.81. The molecule has 1 aromatic heterocycles. The summed E-state index contributed by atoms with van der Waals surface area (Å²) in [5.74, 6) is 2.59. The van der Waals surface area contributed by atoms with Crippen LogP contribution in [0.4, 0.5) is 0 Å². The standard InChI is InChI=1S/C19H21N3OS/c1-13-5-8-15(9-6-13)18-20-21-19(22(18)3)24-12-16-11-14(2)7-10-17(16)23-4/h5-11H,12H2,1-4H3. The van der Waals surface area contributed by atoms with Gasteiger partial charge in [-0.1, -0.05) is 59.3 Å². The predicted molar refractivity (Wildman–Crippen MR) is 98.5 cm³/mol. The molecule has 24 heavy (non-hydrogen) atoms. The van der Waals surface area contributed by atoms with Crippen molar-refractivity contribution in [2.75, 3.05) is 7.11 Å². The smallest absolute Gasteiger partial charge is 0.191 e. The van der Waals surface area contributed by atoms with Crippen molar-refractivity contribution in [1.82, 2.24) is 14.8 Å². The molecule has 124 valence electrons. The fraction of sp³-hybridized carbons (Fsp3) is 0.263. The number of aromatic nitrogens is 3. The van der Waals surface area contributed by atoms with E-state index in [2.05, 4.69) is 60.4 Å². The van der Waals surface area contributed by atoms with Crippen LogP contribution in [0.3, 0.4) is 0 Å². The Balaban J connectivity index is 1.80. The molecule has 0 spiro atoms. The van der Waals surface area contributed by atoms with Crippen LogP contribution in [0.2, 0.25) is 0 Å². The summed E-state index contributed by atoms with van der Waals surface area (Å²) in [5, 5.41) is 9.59. The number of benzene rings is 2. The summed E-state index contributed by atoms with van der Waals surface area (Å²) >= 11 is 1.67. The third-order valence-corrected chi connectivity index (χ3v) is 5.01. The second-order valence-corrected chi connectivity index (χ2v) is 6.78. The van der Waals surface area contributed by atoms with Crippen LogP contribution in [-0.4, -0.2) is 21.9 Å². The Hall–Kier alpha value is -2.27. The number of ether oxygens (including phenoxy) is 1. The molecule has 0 aliphatic rings. The van der Waals surface area contributed by atoms with Gasteiger partial charge in [-0.05, 0) is 19.9 Å². The van der Waals surface area contributed by atoms with E-state index in [1.165, 1.54) is 16.7 Å². The molecule has 0 unspecified atom stereocenters. The molecule has 0 saturated heterocycles. The van der Waals surface area contributed by atoms with Gasteiger partial charge in [-0.2, -0.15) is 0 Å². The van der Waals surface area contributed by atoms with Gasteiger partial charge in [-0.25, -0.2) is 0 Å². The van der Waals surface area contributed by atoms with Gasteiger partial charge in [0.05, 0.1) is 7.11 Å². The van der Waals surface area contributed by atoms with Crippen molar-refractivity contribution in [2.45, 2.75) is 24.8 Å². The van der Waals surface area contributed by atoms with Gasteiger partial charge in [0.25, 0.3) is 0 Å². The molecule has 0 aliphatic carbocycles. The highest BCUT2D eigenvalue weighted by atomic mass is 32.2. The van der Waals surface area contributed by atoms with E-state index in [0.29, 0.717) is 0 Å². The first-order valence-corrected chi connectivity index (χ1v) is 8.80. The Morgan fingerprint density at radius 2 is 1.71 bits per heavy atom. The first-order chi connectivity index (χ1) is 11.6. The molecule has 5 heteroatoms. The number of hydrogen-bond acceptors (Lipinski definition) is 4. The number of hydrogen-bond donors (Lipinski definition) is 0. The van der Waals surface area contributed by atoms with E-state index in [4.69, 9.17) is 4.74 Å². The van der Waals surface area contributed by atoms with Crippen LogP contribution in [-0.2, 0) is 12.8 Å². The second-order valence-electron chi connectivity index (χ2n) is 5.84. The molecule has 0 aliphatic heterocycles. The van der Waals surface area contributed by atoms with Crippen molar-refractivity contribution in [3.8, 4) is 17.1 Å². The van der Waals surface area contributed by atoms with Gasteiger partial charge in [-0.15, -0.1) is 10.2 Å². The van der Waals surface area contributed by atoms with E-state index in [9.17, 15) is 0 Å². The Kier molecular flexibility index (Phi) is 4.90. The minimum atomic E-state index is 0.796. The molecular formula is C19H21N3OS. The quantitative estimate of drug-likeness (QED) is 0.646.